The number of carbonyl (C=O) groups is 1. The van der Waals surface area contributed by atoms with Crippen molar-refractivity contribution in [2.24, 2.45) is 5.73 Å². The van der Waals surface area contributed by atoms with Crippen molar-refractivity contribution in [3.8, 4) is 0 Å². The second kappa shape index (κ2) is 8.53. The number of nitrogens with two attached hydrogens (primary N) is 1. The zero-order chi connectivity index (χ0) is 15.0. The second-order valence-electron chi connectivity index (χ2n) is 5.01. The van der Waals surface area contributed by atoms with E-state index in [0.29, 0.717) is 11.6 Å². The molecule has 0 bridgehead atoms. The van der Waals surface area contributed by atoms with E-state index in [4.69, 9.17) is 5.73 Å². The minimum Gasteiger partial charge on any atom is -0.368 e. The van der Waals surface area contributed by atoms with E-state index in [1.165, 1.54) is 6.20 Å². The van der Waals surface area contributed by atoms with Gasteiger partial charge in [-0.25, -0.2) is 4.98 Å². The van der Waals surface area contributed by atoms with E-state index >= 15 is 0 Å². The first-order chi connectivity index (χ1) is 9.56. The van der Waals surface area contributed by atoms with Crippen LogP contribution in [0, 0.1) is 0 Å². The van der Waals surface area contributed by atoms with E-state index in [0.717, 1.165) is 38.3 Å². The molecule has 1 rings (SSSR count). The van der Waals surface area contributed by atoms with Crippen LogP contribution < -0.4 is 11.1 Å². The summed E-state index contributed by atoms with van der Waals surface area (Å²) in [4.78, 5) is 17.6. The van der Waals surface area contributed by atoms with Crippen LogP contribution in [0.15, 0.2) is 18.3 Å². The van der Waals surface area contributed by atoms with Crippen molar-refractivity contribution >= 4 is 11.7 Å². The zero-order valence-corrected chi connectivity index (χ0v) is 12.7. The van der Waals surface area contributed by atoms with Crippen LogP contribution in [0.5, 0.6) is 0 Å². The molecule has 0 aromatic carbocycles. The van der Waals surface area contributed by atoms with Crippen LogP contribution in [-0.4, -0.2) is 41.5 Å². The van der Waals surface area contributed by atoms with Crippen molar-refractivity contribution in [2.45, 2.75) is 39.7 Å². The highest BCUT2D eigenvalue weighted by molar-refractivity contribution is 5.92. The first-order valence-corrected chi connectivity index (χ1v) is 7.31. The Morgan fingerprint density at radius 2 is 2.10 bits per heavy atom. The topological polar surface area (TPSA) is 71.2 Å². The molecule has 0 aliphatic heterocycles. The molecule has 0 saturated heterocycles. The van der Waals surface area contributed by atoms with Gasteiger partial charge < -0.3 is 16.0 Å². The van der Waals surface area contributed by atoms with Gasteiger partial charge in [-0.05, 0) is 51.5 Å². The average Bonchev–Trinajstić information content (AvgIpc) is 2.44. The summed E-state index contributed by atoms with van der Waals surface area (Å²) in [6.45, 7) is 9.87. The third-order valence-electron chi connectivity index (χ3n) is 3.45. The first kappa shape index (κ1) is 16.4. The van der Waals surface area contributed by atoms with Gasteiger partial charge in [0.25, 0.3) is 0 Å². The maximum absolute atomic E-state index is 11.0. The number of carbonyl (C=O) groups excluding carboxylic acids is 1. The Labute approximate surface area is 121 Å². The lowest BCUT2D eigenvalue weighted by Crippen LogP contribution is -2.25. The van der Waals surface area contributed by atoms with Gasteiger partial charge in [-0.1, -0.05) is 13.8 Å². The van der Waals surface area contributed by atoms with Gasteiger partial charge in [-0.15, -0.1) is 0 Å². The number of amides is 1. The highest BCUT2D eigenvalue weighted by atomic mass is 16.1. The Balaban J connectivity index is 2.34. The summed E-state index contributed by atoms with van der Waals surface area (Å²) in [6.07, 6.45) is 3.76. The molecule has 0 fully saturated rings. The first-order valence-electron chi connectivity index (χ1n) is 7.31. The SMILES string of the molecule is CCN(CC)CCCC(C)Nc1ccc(C(N)=O)cn1. The van der Waals surface area contributed by atoms with E-state index < -0.39 is 5.91 Å². The standard InChI is InChI=1S/C15H26N4O/c1-4-19(5-2)10-6-7-12(3)18-14-9-8-13(11-17-14)15(16)20/h8-9,11-12H,4-7,10H2,1-3H3,(H2,16,20)(H,17,18). The number of primary amides is 1. The molecule has 3 N–H and O–H groups in total. The lowest BCUT2D eigenvalue weighted by Gasteiger charge is -2.20. The fraction of sp³-hybridized carbons (Fsp3) is 0.600. The average molecular weight is 278 g/mol. The summed E-state index contributed by atoms with van der Waals surface area (Å²) < 4.78 is 0. The van der Waals surface area contributed by atoms with Gasteiger partial charge in [0.05, 0.1) is 5.56 Å². The third-order valence-corrected chi connectivity index (χ3v) is 3.45. The summed E-state index contributed by atoms with van der Waals surface area (Å²) in [6, 6.07) is 3.85. The van der Waals surface area contributed by atoms with Crippen molar-refractivity contribution in [1.29, 1.82) is 0 Å². The number of aromatic nitrogens is 1. The molecule has 1 aromatic heterocycles. The fourth-order valence-electron chi connectivity index (χ4n) is 2.11. The molecule has 5 nitrogen and oxygen atoms in total. The molecule has 5 heteroatoms. The molecular weight excluding hydrogens is 252 g/mol. The summed E-state index contributed by atoms with van der Waals surface area (Å²) in [5.74, 6) is 0.335. The summed E-state index contributed by atoms with van der Waals surface area (Å²) in [5.41, 5.74) is 5.62. The minimum atomic E-state index is -0.448. The van der Waals surface area contributed by atoms with Crippen LogP contribution >= 0.6 is 0 Å². The molecule has 0 aliphatic rings. The number of hydrogen-bond donors (Lipinski definition) is 2. The Bertz CT molecular complexity index is 401. The fourth-order valence-corrected chi connectivity index (χ4v) is 2.11. The van der Waals surface area contributed by atoms with Crippen molar-refractivity contribution in [1.82, 2.24) is 9.88 Å². The van der Waals surface area contributed by atoms with Crippen LogP contribution in [0.1, 0.15) is 44.0 Å². The highest BCUT2D eigenvalue weighted by Gasteiger charge is 2.06. The molecule has 1 aromatic rings. The van der Waals surface area contributed by atoms with Crippen LogP contribution in [0.4, 0.5) is 5.82 Å². The zero-order valence-electron chi connectivity index (χ0n) is 12.7. The van der Waals surface area contributed by atoms with Gasteiger partial charge in [-0.2, -0.15) is 0 Å². The number of nitrogens with one attached hydrogen (secondary N) is 1. The van der Waals surface area contributed by atoms with Crippen molar-refractivity contribution < 1.29 is 4.79 Å². The van der Waals surface area contributed by atoms with Crippen LogP contribution in [-0.2, 0) is 0 Å². The van der Waals surface area contributed by atoms with Crippen LogP contribution in [0.25, 0.3) is 0 Å². The van der Waals surface area contributed by atoms with Crippen molar-refractivity contribution in [3.05, 3.63) is 23.9 Å². The Hall–Kier alpha value is -1.62. The predicted molar refractivity (Wildman–Crippen MR) is 82.9 cm³/mol. The molecule has 0 aliphatic carbocycles. The highest BCUT2D eigenvalue weighted by Crippen LogP contribution is 2.09. The van der Waals surface area contributed by atoms with Gasteiger partial charge in [0.2, 0.25) is 5.91 Å². The molecule has 1 atom stereocenters. The smallest absolute Gasteiger partial charge is 0.250 e. The summed E-state index contributed by atoms with van der Waals surface area (Å²) in [7, 11) is 0. The molecule has 20 heavy (non-hydrogen) atoms. The lowest BCUT2D eigenvalue weighted by molar-refractivity contribution is 0.1000. The van der Waals surface area contributed by atoms with Crippen molar-refractivity contribution in [3.63, 3.8) is 0 Å². The van der Waals surface area contributed by atoms with E-state index in [1.54, 1.807) is 12.1 Å². The Morgan fingerprint density at radius 3 is 2.60 bits per heavy atom. The van der Waals surface area contributed by atoms with E-state index in [-0.39, 0.29) is 0 Å². The minimum absolute atomic E-state index is 0.359. The van der Waals surface area contributed by atoms with E-state index in [2.05, 4.69) is 36.0 Å². The quantitative estimate of drug-likeness (QED) is 0.725. The Kier molecular flexibility index (Phi) is 7.01. The monoisotopic (exact) mass is 278 g/mol. The van der Waals surface area contributed by atoms with Gasteiger partial charge in [0.15, 0.2) is 0 Å². The van der Waals surface area contributed by atoms with Gasteiger partial charge in [-0.3, -0.25) is 4.79 Å². The summed E-state index contributed by atoms with van der Waals surface area (Å²) >= 11 is 0. The Morgan fingerprint density at radius 1 is 1.40 bits per heavy atom. The van der Waals surface area contributed by atoms with Gasteiger partial charge in [0.1, 0.15) is 5.82 Å². The molecular formula is C15H26N4O. The number of anilines is 1. The molecule has 0 saturated carbocycles. The molecule has 1 amide bonds. The molecule has 1 unspecified atom stereocenters. The predicted octanol–water partition coefficient (Wildman–Crippen LogP) is 2.10. The maximum Gasteiger partial charge on any atom is 0.250 e. The molecule has 1 heterocycles. The number of rotatable bonds is 9. The van der Waals surface area contributed by atoms with Gasteiger partial charge >= 0.3 is 0 Å². The lowest BCUT2D eigenvalue weighted by atomic mass is 10.1. The van der Waals surface area contributed by atoms with Crippen LogP contribution in [0.2, 0.25) is 0 Å². The molecule has 0 radical (unpaired) electrons. The maximum atomic E-state index is 11.0. The third kappa shape index (κ3) is 5.57. The number of pyridine rings is 1. The second-order valence-corrected chi connectivity index (χ2v) is 5.01. The number of hydrogen-bond acceptors (Lipinski definition) is 4. The van der Waals surface area contributed by atoms with Crippen molar-refractivity contribution in [2.75, 3.05) is 25.0 Å². The molecule has 112 valence electrons. The normalized spacial score (nSPS) is 12.4. The van der Waals surface area contributed by atoms with E-state index in [1.807, 2.05) is 0 Å². The molecule has 0 spiro atoms. The van der Waals surface area contributed by atoms with E-state index in [9.17, 15) is 4.79 Å². The van der Waals surface area contributed by atoms with Gasteiger partial charge in [0, 0.05) is 12.2 Å². The summed E-state index contributed by atoms with van der Waals surface area (Å²) in [5, 5.41) is 3.34. The van der Waals surface area contributed by atoms with Crippen LogP contribution in [0.3, 0.4) is 0 Å². The number of nitrogens with zero attached hydrogens (tertiary/aromatic N) is 2. The largest absolute Gasteiger partial charge is 0.368 e.